The van der Waals surface area contributed by atoms with Crippen molar-refractivity contribution < 1.29 is 4.79 Å². The van der Waals surface area contributed by atoms with Gasteiger partial charge in [-0.2, -0.15) is 5.10 Å². The van der Waals surface area contributed by atoms with Crippen molar-refractivity contribution in [3.8, 4) is 11.3 Å². The second kappa shape index (κ2) is 6.95. The third-order valence-corrected chi connectivity index (χ3v) is 4.11. The van der Waals surface area contributed by atoms with Crippen molar-refractivity contribution in [1.82, 2.24) is 9.78 Å². The van der Waals surface area contributed by atoms with Crippen LogP contribution in [0, 0.1) is 0 Å². The van der Waals surface area contributed by atoms with E-state index in [4.69, 9.17) is 23.2 Å². The van der Waals surface area contributed by atoms with Gasteiger partial charge in [0.1, 0.15) is 0 Å². The summed E-state index contributed by atoms with van der Waals surface area (Å²) in [6.45, 7) is 0. The molecule has 122 valence electrons. The Morgan fingerprint density at radius 1 is 1.00 bits per heavy atom. The van der Waals surface area contributed by atoms with E-state index in [1.165, 1.54) is 0 Å². The van der Waals surface area contributed by atoms with Gasteiger partial charge in [0.05, 0.1) is 15.7 Å². The fourth-order valence-corrected chi connectivity index (χ4v) is 2.56. The van der Waals surface area contributed by atoms with E-state index >= 15 is 0 Å². The Morgan fingerprint density at radius 3 is 2.46 bits per heavy atom. The molecule has 3 aromatic rings. The number of aromatic nitrogens is 2. The molecule has 24 heavy (non-hydrogen) atoms. The number of nitrogens with zero attached hydrogens (tertiary/aromatic N) is 2. The average Bonchev–Trinajstić information content (AvgIpc) is 2.92. The Morgan fingerprint density at radius 2 is 1.75 bits per heavy atom. The summed E-state index contributed by atoms with van der Waals surface area (Å²) in [4.78, 5) is 12.1. The van der Waals surface area contributed by atoms with E-state index in [9.17, 15) is 4.79 Å². The molecule has 1 aromatic heterocycles. The highest BCUT2D eigenvalue weighted by atomic mass is 35.5. The molecule has 0 fully saturated rings. The maximum atomic E-state index is 12.1. The Labute approximate surface area is 149 Å². The van der Waals surface area contributed by atoms with E-state index in [1.54, 1.807) is 22.9 Å². The van der Waals surface area contributed by atoms with Gasteiger partial charge >= 0.3 is 6.03 Å². The molecule has 2 amide bonds. The molecule has 0 aliphatic rings. The van der Waals surface area contributed by atoms with Crippen LogP contribution in [0.2, 0.25) is 10.0 Å². The van der Waals surface area contributed by atoms with Gasteiger partial charge in [-0.05, 0) is 23.8 Å². The molecule has 0 aliphatic carbocycles. The van der Waals surface area contributed by atoms with Gasteiger partial charge in [-0.1, -0.05) is 53.5 Å². The molecule has 2 aromatic carbocycles. The topological polar surface area (TPSA) is 59.0 Å². The number of carbonyl (C=O) groups is 1. The standard InChI is InChI=1S/C17H14Cl2N4O/c1-23-15(11-5-3-2-4-6-11)10-16(22-23)21-17(24)20-12-7-8-13(18)14(19)9-12/h2-10H,1H3,(H2,20,21,22,24). The minimum absolute atomic E-state index is 0.374. The lowest BCUT2D eigenvalue weighted by atomic mass is 10.1. The molecule has 1 heterocycles. The predicted octanol–water partition coefficient (Wildman–Crippen LogP) is 5.04. The van der Waals surface area contributed by atoms with Crippen LogP contribution < -0.4 is 10.6 Å². The Balaban J connectivity index is 1.72. The molecule has 0 saturated carbocycles. The zero-order valence-electron chi connectivity index (χ0n) is 12.8. The van der Waals surface area contributed by atoms with Crippen molar-refractivity contribution in [3.05, 3.63) is 64.6 Å². The van der Waals surface area contributed by atoms with E-state index in [-0.39, 0.29) is 0 Å². The third kappa shape index (κ3) is 3.69. The first-order chi connectivity index (χ1) is 11.5. The van der Waals surface area contributed by atoms with Gasteiger partial charge in [-0.15, -0.1) is 0 Å². The van der Waals surface area contributed by atoms with Gasteiger partial charge in [0.2, 0.25) is 0 Å². The fraction of sp³-hybridized carbons (Fsp3) is 0.0588. The monoisotopic (exact) mass is 360 g/mol. The number of nitrogens with one attached hydrogen (secondary N) is 2. The minimum atomic E-state index is -0.411. The van der Waals surface area contributed by atoms with Crippen molar-refractivity contribution in [1.29, 1.82) is 0 Å². The largest absolute Gasteiger partial charge is 0.324 e. The number of rotatable bonds is 3. The first-order valence-corrected chi connectivity index (χ1v) is 7.91. The predicted molar refractivity (Wildman–Crippen MR) is 97.7 cm³/mol. The van der Waals surface area contributed by atoms with Gasteiger partial charge in [0, 0.05) is 18.8 Å². The number of halogens is 2. The summed E-state index contributed by atoms with van der Waals surface area (Å²) in [5, 5.41) is 10.5. The number of anilines is 2. The summed E-state index contributed by atoms with van der Waals surface area (Å²) in [6.07, 6.45) is 0. The van der Waals surface area contributed by atoms with Crippen LogP contribution in [0.5, 0.6) is 0 Å². The van der Waals surface area contributed by atoms with E-state index in [2.05, 4.69) is 15.7 Å². The molecule has 5 nitrogen and oxygen atoms in total. The number of urea groups is 1. The minimum Gasteiger partial charge on any atom is -0.308 e. The molecule has 7 heteroatoms. The Bertz CT molecular complexity index is 878. The molecule has 2 N–H and O–H groups in total. The van der Waals surface area contributed by atoms with Crippen LogP contribution in [0.15, 0.2) is 54.6 Å². The second-order valence-electron chi connectivity index (χ2n) is 5.11. The van der Waals surface area contributed by atoms with Crippen molar-refractivity contribution in [2.24, 2.45) is 7.05 Å². The zero-order valence-corrected chi connectivity index (χ0v) is 14.3. The van der Waals surface area contributed by atoms with Crippen LogP contribution in [-0.2, 0) is 7.05 Å². The molecule has 0 spiro atoms. The van der Waals surface area contributed by atoms with Crippen molar-refractivity contribution >= 4 is 40.7 Å². The lowest BCUT2D eigenvalue weighted by Gasteiger charge is -2.06. The summed E-state index contributed by atoms with van der Waals surface area (Å²) in [5.41, 5.74) is 2.46. The van der Waals surface area contributed by atoms with Crippen LogP contribution in [0.25, 0.3) is 11.3 Å². The van der Waals surface area contributed by atoms with Crippen molar-refractivity contribution in [2.75, 3.05) is 10.6 Å². The van der Waals surface area contributed by atoms with Gasteiger partial charge in [-0.25, -0.2) is 4.79 Å². The molecule has 0 atom stereocenters. The maximum Gasteiger partial charge on any atom is 0.324 e. The number of amides is 2. The van der Waals surface area contributed by atoms with Crippen LogP contribution in [0.1, 0.15) is 0 Å². The molecule has 0 unspecified atom stereocenters. The summed E-state index contributed by atoms with van der Waals surface area (Å²) in [7, 11) is 1.82. The van der Waals surface area contributed by atoms with Crippen LogP contribution >= 0.6 is 23.2 Å². The molecular weight excluding hydrogens is 347 g/mol. The van der Waals surface area contributed by atoms with Crippen LogP contribution in [0.3, 0.4) is 0 Å². The van der Waals surface area contributed by atoms with E-state index in [0.29, 0.717) is 21.6 Å². The SMILES string of the molecule is Cn1nc(NC(=O)Nc2ccc(Cl)c(Cl)c2)cc1-c1ccccc1. The lowest BCUT2D eigenvalue weighted by molar-refractivity contribution is 0.262. The first kappa shape index (κ1) is 16.4. The number of carbonyl (C=O) groups excluding carboxylic acids is 1. The van der Waals surface area contributed by atoms with Gasteiger partial charge in [0.15, 0.2) is 5.82 Å². The van der Waals surface area contributed by atoms with Gasteiger partial charge < -0.3 is 5.32 Å². The normalized spacial score (nSPS) is 10.5. The summed E-state index contributed by atoms with van der Waals surface area (Å²) >= 11 is 11.8. The second-order valence-corrected chi connectivity index (χ2v) is 5.93. The van der Waals surface area contributed by atoms with E-state index in [1.807, 2.05) is 43.4 Å². The Kier molecular flexibility index (Phi) is 4.74. The number of hydrogen-bond acceptors (Lipinski definition) is 2. The molecule has 0 bridgehead atoms. The lowest BCUT2D eigenvalue weighted by Crippen LogP contribution is -2.19. The van der Waals surface area contributed by atoms with Gasteiger partial charge in [0.25, 0.3) is 0 Å². The van der Waals surface area contributed by atoms with E-state index < -0.39 is 6.03 Å². The summed E-state index contributed by atoms with van der Waals surface area (Å²) in [6, 6.07) is 16.1. The quantitative estimate of drug-likeness (QED) is 0.687. The van der Waals surface area contributed by atoms with E-state index in [0.717, 1.165) is 11.3 Å². The third-order valence-electron chi connectivity index (χ3n) is 3.37. The maximum absolute atomic E-state index is 12.1. The molecule has 0 aliphatic heterocycles. The van der Waals surface area contributed by atoms with Crippen molar-refractivity contribution in [3.63, 3.8) is 0 Å². The molecule has 3 rings (SSSR count). The highest BCUT2D eigenvalue weighted by molar-refractivity contribution is 6.42. The van der Waals surface area contributed by atoms with Gasteiger partial charge in [-0.3, -0.25) is 10.00 Å². The molecule has 0 saturated heterocycles. The Hall–Kier alpha value is -2.50. The van der Waals surface area contributed by atoms with Crippen LogP contribution in [0.4, 0.5) is 16.3 Å². The first-order valence-electron chi connectivity index (χ1n) is 7.15. The van der Waals surface area contributed by atoms with Crippen LogP contribution in [-0.4, -0.2) is 15.8 Å². The summed E-state index contributed by atoms with van der Waals surface area (Å²) in [5.74, 6) is 0.453. The molecule has 0 radical (unpaired) electrons. The fourth-order valence-electron chi connectivity index (χ4n) is 2.26. The number of benzene rings is 2. The average molecular weight is 361 g/mol. The highest BCUT2D eigenvalue weighted by Gasteiger charge is 2.10. The molecular formula is C17H14Cl2N4O. The smallest absolute Gasteiger partial charge is 0.308 e. The van der Waals surface area contributed by atoms with Crippen molar-refractivity contribution in [2.45, 2.75) is 0 Å². The summed E-state index contributed by atoms with van der Waals surface area (Å²) < 4.78 is 1.71. The highest BCUT2D eigenvalue weighted by Crippen LogP contribution is 2.25. The zero-order chi connectivity index (χ0) is 17.1. The number of aryl methyl sites for hydroxylation is 1. The number of hydrogen-bond donors (Lipinski definition) is 2.